The average molecular weight is 523 g/mol. The highest BCUT2D eigenvalue weighted by molar-refractivity contribution is 14.0. The molecule has 1 unspecified atom stereocenters. The lowest BCUT2D eigenvalue weighted by molar-refractivity contribution is -0.0721. The zero-order valence-electron chi connectivity index (χ0n) is 18.8. The fraction of sp³-hybridized carbons (Fsp3) is 0.955. The van der Waals surface area contributed by atoms with Crippen molar-refractivity contribution in [2.24, 2.45) is 10.9 Å². The number of hydrogen-bond acceptors (Lipinski definition) is 4. The van der Waals surface area contributed by atoms with Gasteiger partial charge < -0.3 is 19.7 Å². The summed E-state index contributed by atoms with van der Waals surface area (Å²) in [7, 11) is 1.91. The Morgan fingerprint density at radius 3 is 2.55 bits per heavy atom. The van der Waals surface area contributed by atoms with Gasteiger partial charge in [0.15, 0.2) is 5.96 Å². The lowest BCUT2D eigenvalue weighted by Gasteiger charge is -2.35. The third-order valence-corrected chi connectivity index (χ3v) is 6.34. The zero-order chi connectivity index (χ0) is 19.8. The molecule has 3 saturated heterocycles. The fourth-order valence-corrected chi connectivity index (χ4v) is 4.79. The van der Waals surface area contributed by atoms with Gasteiger partial charge in [-0.05, 0) is 57.4 Å². The predicted molar refractivity (Wildman–Crippen MR) is 130 cm³/mol. The van der Waals surface area contributed by atoms with Crippen LogP contribution in [0.3, 0.4) is 0 Å². The summed E-state index contributed by atoms with van der Waals surface area (Å²) in [6.45, 7) is 11.8. The van der Waals surface area contributed by atoms with E-state index in [1.807, 2.05) is 7.05 Å². The summed E-state index contributed by atoms with van der Waals surface area (Å²) in [6.07, 6.45) is 9.12. The Labute approximate surface area is 195 Å². The summed E-state index contributed by atoms with van der Waals surface area (Å²) in [6, 6.07) is 0.649. The normalized spacial score (nSPS) is 27.3. The number of halogens is 1. The molecule has 0 radical (unpaired) electrons. The standard InChI is InChI=1S/C22H42N4O2.HI/c1-18(2)16-26-11-6-7-19(26)15-24-22(23-3)25-12-9-20(10-13-25)28-17-21-8-4-5-14-27-21;/h18-21H,4-17H2,1-3H3,(H,23,24);1H/t19-,21?;/m1./s1. The van der Waals surface area contributed by atoms with Gasteiger partial charge in [0.1, 0.15) is 0 Å². The van der Waals surface area contributed by atoms with Crippen LogP contribution in [0.2, 0.25) is 0 Å². The maximum atomic E-state index is 6.16. The van der Waals surface area contributed by atoms with Gasteiger partial charge in [0.2, 0.25) is 0 Å². The molecular weight excluding hydrogens is 479 g/mol. The van der Waals surface area contributed by atoms with Crippen molar-refractivity contribution in [1.29, 1.82) is 0 Å². The summed E-state index contributed by atoms with van der Waals surface area (Å²) in [4.78, 5) is 9.61. The van der Waals surface area contributed by atoms with E-state index in [-0.39, 0.29) is 24.0 Å². The minimum atomic E-state index is 0. The highest BCUT2D eigenvalue weighted by atomic mass is 127. The number of nitrogens with one attached hydrogen (secondary N) is 1. The van der Waals surface area contributed by atoms with Crippen molar-refractivity contribution >= 4 is 29.9 Å². The Morgan fingerprint density at radius 2 is 1.90 bits per heavy atom. The summed E-state index contributed by atoms with van der Waals surface area (Å²) in [5, 5.41) is 3.66. The van der Waals surface area contributed by atoms with Gasteiger partial charge in [-0.15, -0.1) is 24.0 Å². The summed E-state index contributed by atoms with van der Waals surface area (Å²) < 4.78 is 11.9. The van der Waals surface area contributed by atoms with E-state index in [9.17, 15) is 0 Å². The van der Waals surface area contributed by atoms with Crippen LogP contribution >= 0.6 is 24.0 Å². The van der Waals surface area contributed by atoms with Crippen LogP contribution in [0, 0.1) is 5.92 Å². The first-order chi connectivity index (χ1) is 13.7. The van der Waals surface area contributed by atoms with E-state index in [1.54, 1.807) is 0 Å². The summed E-state index contributed by atoms with van der Waals surface area (Å²) in [5.74, 6) is 1.79. The minimum Gasteiger partial charge on any atom is -0.376 e. The molecule has 3 aliphatic rings. The van der Waals surface area contributed by atoms with Crippen LogP contribution in [0.4, 0.5) is 0 Å². The van der Waals surface area contributed by atoms with Crippen molar-refractivity contribution in [3.63, 3.8) is 0 Å². The second-order valence-corrected chi connectivity index (χ2v) is 9.12. The molecule has 3 rings (SSSR count). The smallest absolute Gasteiger partial charge is 0.193 e. The number of hydrogen-bond donors (Lipinski definition) is 1. The predicted octanol–water partition coefficient (Wildman–Crippen LogP) is 3.35. The molecule has 0 spiro atoms. The number of piperidine rings is 1. The van der Waals surface area contributed by atoms with Crippen LogP contribution in [0.5, 0.6) is 0 Å². The molecule has 2 atom stereocenters. The van der Waals surface area contributed by atoms with Gasteiger partial charge in [0, 0.05) is 45.9 Å². The van der Waals surface area contributed by atoms with Gasteiger partial charge in [-0.1, -0.05) is 13.8 Å². The highest BCUT2D eigenvalue weighted by Crippen LogP contribution is 2.20. The quantitative estimate of drug-likeness (QED) is 0.316. The maximum Gasteiger partial charge on any atom is 0.193 e. The lowest BCUT2D eigenvalue weighted by atomic mass is 10.1. The molecule has 3 heterocycles. The molecule has 0 bridgehead atoms. The Balaban J connectivity index is 0.00000300. The van der Waals surface area contributed by atoms with E-state index in [0.29, 0.717) is 18.2 Å². The number of ether oxygens (including phenoxy) is 2. The molecule has 7 heteroatoms. The first-order valence-corrected chi connectivity index (χ1v) is 11.6. The SMILES string of the molecule is CN=C(NC[C@H]1CCCN1CC(C)C)N1CCC(OCC2CCCCO2)CC1.I. The largest absolute Gasteiger partial charge is 0.376 e. The molecular formula is C22H43IN4O2. The zero-order valence-corrected chi connectivity index (χ0v) is 21.1. The third kappa shape index (κ3) is 8.15. The number of rotatable bonds is 7. The molecule has 6 nitrogen and oxygen atoms in total. The van der Waals surface area contributed by atoms with Crippen LogP contribution in [0.25, 0.3) is 0 Å². The van der Waals surface area contributed by atoms with Gasteiger partial charge in [-0.2, -0.15) is 0 Å². The van der Waals surface area contributed by atoms with Gasteiger partial charge in [0.25, 0.3) is 0 Å². The van der Waals surface area contributed by atoms with Crippen LogP contribution < -0.4 is 5.32 Å². The number of aliphatic imine (C=N–C) groups is 1. The first-order valence-electron chi connectivity index (χ1n) is 11.6. The number of nitrogens with zero attached hydrogens (tertiary/aromatic N) is 3. The van der Waals surface area contributed by atoms with Gasteiger partial charge in [-0.3, -0.25) is 9.89 Å². The molecule has 3 aliphatic heterocycles. The molecule has 170 valence electrons. The molecule has 0 saturated carbocycles. The van der Waals surface area contributed by atoms with Crippen LogP contribution in [-0.2, 0) is 9.47 Å². The first kappa shape index (κ1) is 25.1. The molecule has 3 fully saturated rings. The Bertz CT molecular complexity index is 477. The minimum absolute atomic E-state index is 0. The van der Waals surface area contributed by atoms with Crippen LogP contribution in [-0.4, -0.2) is 87.0 Å². The molecule has 1 N–H and O–H groups in total. The second-order valence-electron chi connectivity index (χ2n) is 9.12. The van der Waals surface area contributed by atoms with Crippen molar-refractivity contribution in [2.75, 3.05) is 53.0 Å². The average Bonchev–Trinajstić information content (AvgIpc) is 3.15. The van der Waals surface area contributed by atoms with Gasteiger partial charge in [-0.25, -0.2) is 0 Å². The third-order valence-electron chi connectivity index (χ3n) is 6.34. The monoisotopic (exact) mass is 522 g/mol. The lowest BCUT2D eigenvalue weighted by Crippen LogP contribution is -2.50. The van der Waals surface area contributed by atoms with Crippen molar-refractivity contribution in [1.82, 2.24) is 15.1 Å². The maximum absolute atomic E-state index is 6.16. The van der Waals surface area contributed by atoms with Crippen LogP contribution in [0.15, 0.2) is 4.99 Å². The molecule has 29 heavy (non-hydrogen) atoms. The number of guanidine groups is 1. The molecule has 0 aliphatic carbocycles. The van der Waals surface area contributed by atoms with Gasteiger partial charge in [0.05, 0.1) is 18.8 Å². The Kier molecular flexibility index (Phi) is 11.6. The molecule has 0 aromatic carbocycles. The van der Waals surface area contributed by atoms with Crippen LogP contribution in [0.1, 0.15) is 58.8 Å². The highest BCUT2D eigenvalue weighted by Gasteiger charge is 2.27. The number of likely N-dealkylation sites (tertiary alicyclic amines) is 2. The van der Waals surface area contributed by atoms with Crippen molar-refractivity contribution < 1.29 is 9.47 Å². The topological polar surface area (TPSA) is 49.3 Å². The van der Waals surface area contributed by atoms with E-state index in [2.05, 4.69) is 34.0 Å². The van der Waals surface area contributed by atoms with Crippen molar-refractivity contribution in [3.8, 4) is 0 Å². The van der Waals surface area contributed by atoms with Crippen molar-refractivity contribution in [2.45, 2.75) is 77.0 Å². The van der Waals surface area contributed by atoms with E-state index < -0.39 is 0 Å². The molecule has 0 aromatic heterocycles. The van der Waals surface area contributed by atoms with Gasteiger partial charge >= 0.3 is 0 Å². The van der Waals surface area contributed by atoms with E-state index in [1.165, 1.54) is 38.8 Å². The molecule has 0 aromatic rings. The fourth-order valence-electron chi connectivity index (χ4n) is 4.79. The summed E-state index contributed by atoms with van der Waals surface area (Å²) >= 11 is 0. The second kappa shape index (κ2) is 13.3. The summed E-state index contributed by atoms with van der Waals surface area (Å²) in [5.41, 5.74) is 0. The van der Waals surface area contributed by atoms with E-state index in [0.717, 1.165) is 64.0 Å². The van der Waals surface area contributed by atoms with Crippen molar-refractivity contribution in [3.05, 3.63) is 0 Å². The Hall–Kier alpha value is -0.120. The van der Waals surface area contributed by atoms with E-state index in [4.69, 9.17) is 9.47 Å². The molecule has 0 amide bonds. The Morgan fingerprint density at radius 1 is 1.10 bits per heavy atom. The van der Waals surface area contributed by atoms with E-state index >= 15 is 0 Å².